The molecule has 0 aliphatic carbocycles. The third-order valence-electron chi connectivity index (χ3n) is 2.29. The number of rotatable bonds is 4. The van der Waals surface area contributed by atoms with Crippen LogP contribution in [-0.2, 0) is 6.54 Å². The SMILES string of the molecule is CN(C)Cc1cccnc1Oc1ccccc1. The van der Waals surface area contributed by atoms with Gasteiger partial charge in [0.25, 0.3) is 0 Å². The summed E-state index contributed by atoms with van der Waals surface area (Å²) < 4.78 is 5.77. The number of benzene rings is 1. The van der Waals surface area contributed by atoms with Gasteiger partial charge in [0, 0.05) is 18.3 Å². The molecule has 0 radical (unpaired) electrons. The molecular formula is C14H16N2O. The molecule has 0 fully saturated rings. The first-order valence-corrected chi connectivity index (χ1v) is 5.57. The Hall–Kier alpha value is -1.87. The summed E-state index contributed by atoms with van der Waals surface area (Å²) in [7, 11) is 4.05. The Labute approximate surface area is 102 Å². The van der Waals surface area contributed by atoms with Crippen molar-refractivity contribution in [2.24, 2.45) is 0 Å². The number of hydrogen-bond donors (Lipinski definition) is 0. The Bertz CT molecular complexity index is 469. The molecule has 0 N–H and O–H groups in total. The van der Waals surface area contributed by atoms with Crippen LogP contribution in [0, 0.1) is 0 Å². The van der Waals surface area contributed by atoms with Crippen molar-refractivity contribution in [1.29, 1.82) is 0 Å². The summed E-state index contributed by atoms with van der Waals surface area (Å²) in [6.07, 6.45) is 1.75. The molecule has 17 heavy (non-hydrogen) atoms. The van der Waals surface area contributed by atoms with Gasteiger partial charge in [0.2, 0.25) is 5.88 Å². The van der Waals surface area contributed by atoms with Gasteiger partial charge in [0.15, 0.2) is 0 Å². The second-order valence-corrected chi connectivity index (χ2v) is 4.12. The number of hydrogen-bond acceptors (Lipinski definition) is 3. The Morgan fingerprint density at radius 3 is 2.53 bits per heavy atom. The van der Waals surface area contributed by atoms with Crippen molar-refractivity contribution in [2.45, 2.75) is 6.54 Å². The van der Waals surface area contributed by atoms with Crippen molar-refractivity contribution in [1.82, 2.24) is 9.88 Å². The molecule has 0 amide bonds. The van der Waals surface area contributed by atoms with Crippen molar-refractivity contribution < 1.29 is 4.74 Å². The smallest absolute Gasteiger partial charge is 0.223 e. The van der Waals surface area contributed by atoms with Crippen molar-refractivity contribution >= 4 is 0 Å². The largest absolute Gasteiger partial charge is 0.439 e. The van der Waals surface area contributed by atoms with E-state index in [0.29, 0.717) is 5.88 Å². The monoisotopic (exact) mass is 228 g/mol. The van der Waals surface area contributed by atoms with Gasteiger partial charge in [0.05, 0.1) is 0 Å². The molecule has 1 heterocycles. The minimum absolute atomic E-state index is 0.674. The first-order chi connectivity index (χ1) is 8.25. The predicted molar refractivity (Wildman–Crippen MR) is 68.1 cm³/mol. The molecule has 1 aromatic carbocycles. The van der Waals surface area contributed by atoms with Crippen LogP contribution in [0.25, 0.3) is 0 Å². The van der Waals surface area contributed by atoms with Crippen LogP contribution in [0.5, 0.6) is 11.6 Å². The van der Waals surface area contributed by atoms with Crippen LogP contribution < -0.4 is 4.74 Å². The summed E-state index contributed by atoms with van der Waals surface area (Å²) in [5.74, 6) is 1.48. The summed E-state index contributed by atoms with van der Waals surface area (Å²) in [6, 6.07) is 13.7. The second kappa shape index (κ2) is 5.46. The molecule has 3 heteroatoms. The molecule has 2 aromatic rings. The van der Waals surface area contributed by atoms with E-state index >= 15 is 0 Å². The minimum atomic E-state index is 0.674. The van der Waals surface area contributed by atoms with Crippen LogP contribution >= 0.6 is 0 Å². The first kappa shape index (κ1) is 11.6. The minimum Gasteiger partial charge on any atom is -0.439 e. The van der Waals surface area contributed by atoms with Crippen molar-refractivity contribution in [3.63, 3.8) is 0 Å². The van der Waals surface area contributed by atoms with E-state index in [1.807, 2.05) is 56.6 Å². The molecule has 0 aliphatic heterocycles. The van der Waals surface area contributed by atoms with E-state index in [1.165, 1.54) is 0 Å². The third-order valence-corrected chi connectivity index (χ3v) is 2.29. The molecule has 3 nitrogen and oxygen atoms in total. The first-order valence-electron chi connectivity index (χ1n) is 5.57. The lowest BCUT2D eigenvalue weighted by atomic mass is 10.2. The topological polar surface area (TPSA) is 25.4 Å². The van der Waals surface area contributed by atoms with Crippen LogP contribution in [0.2, 0.25) is 0 Å². The van der Waals surface area contributed by atoms with Crippen molar-refractivity contribution in [2.75, 3.05) is 14.1 Å². The van der Waals surface area contributed by atoms with Gasteiger partial charge in [-0.05, 0) is 32.3 Å². The molecule has 0 saturated carbocycles. The van der Waals surface area contributed by atoms with E-state index < -0.39 is 0 Å². The van der Waals surface area contributed by atoms with Gasteiger partial charge >= 0.3 is 0 Å². The predicted octanol–water partition coefficient (Wildman–Crippen LogP) is 2.94. The molecule has 1 aromatic heterocycles. The highest BCUT2D eigenvalue weighted by molar-refractivity contribution is 5.31. The third kappa shape index (κ3) is 3.29. The summed E-state index contributed by atoms with van der Waals surface area (Å²) in [4.78, 5) is 6.37. The van der Waals surface area contributed by atoms with Crippen molar-refractivity contribution in [3.8, 4) is 11.6 Å². The van der Waals surface area contributed by atoms with Gasteiger partial charge in [-0.25, -0.2) is 4.98 Å². The normalized spacial score (nSPS) is 10.5. The Kier molecular flexibility index (Phi) is 3.73. The van der Waals surface area contributed by atoms with Gasteiger partial charge in [-0.15, -0.1) is 0 Å². The summed E-state index contributed by atoms with van der Waals surface area (Å²) in [6.45, 7) is 0.815. The number of ether oxygens (including phenoxy) is 1. The van der Waals surface area contributed by atoms with Crippen LogP contribution in [0.1, 0.15) is 5.56 Å². The second-order valence-electron chi connectivity index (χ2n) is 4.12. The highest BCUT2D eigenvalue weighted by atomic mass is 16.5. The number of aromatic nitrogens is 1. The summed E-state index contributed by atoms with van der Waals surface area (Å²) in [5, 5.41) is 0. The fraction of sp³-hybridized carbons (Fsp3) is 0.214. The quantitative estimate of drug-likeness (QED) is 0.804. The molecule has 0 bridgehead atoms. The fourth-order valence-corrected chi connectivity index (χ4v) is 1.58. The molecule has 0 atom stereocenters. The molecule has 88 valence electrons. The fourth-order valence-electron chi connectivity index (χ4n) is 1.58. The maximum Gasteiger partial charge on any atom is 0.223 e. The van der Waals surface area contributed by atoms with E-state index in [1.54, 1.807) is 6.20 Å². The van der Waals surface area contributed by atoms with Gasteiger partial charge in [-0.1, -0.05) is 24.3 Å². The van der Waals surface area contributed by atoms with Gasteiger partial charge in [-0.2, -0.15) is 0 Å². The van der Waals surface area contributed by atoms with E-state index in [4.69, 9.17) is 4.74 Å². The van der Waals surface area contributed by atoms with Crippen LogP contribution in [0.4, 0.5) is 0 Å². The number of pyridine rings is 1. The van der Waals surface area contributed by atoms with E-state index in [-0.39, 0.29) is 0 Å². The van der Waals surface area contributed by atoms with Gasteiger partial charge in [-0.3, -0.25) is 0 Å². The molecule has 2 rings (SSSR count). The zero-order valence-corrected chi connectivity index (χ0v) is 10.1. The molecule has 0 unspecified atom stereocenters. The summed E-state index contributed by atoms with van der Waals surface area (Å²) >= 11 is 0. The maximum absolute atomic E-state index is 5.77. The average Bonchev–Trinajstić information content (AvgIpc) is 2.32. The number of nitrogens with zero attached hydrogens (tertiary/aromatic N) is 2. The zero-order valence-electron chi connectivity index (χ0n) is 10.1. The lowest BCUT2D eigenvalue weighted by Crippen LogP contribution is -2.11. The molecular weight excluding hydrogens is 212 g/mol. The maximum atomic E-state index is 5.77. The highest BCUT2D eigenvalue weighted by Gasteiger charge is 2.06. The van der Waals surface area contributed by atoms with Gasteiger partial charge < -0.3 is 9.64 Å². The lowest BCUT2D eigenvalue weighted by Gasteiger charge is -2.13. The van der Waals surface area contributed by atoms with E-state index in [0.717, 1.165) is 17.9 Å². The average molecular weight is 228 g/mol. The van der Waals surface area contributed by atoms with Crippen LogP contribution in [0.3, 0.4) is 0 Å². The Morgan fingerprint density at radius 1 is 1.06 bits per heavy atom. The zero-order chi connectivity index (χ0) is 12.1. The van der Waals surface area contributed by atoms with Crippen molar-refractivity contribution in [3.05, 3.63) is 54.2 Å². The summed E-state index contributed by atoms with van der Waals surface area (Å²) in [5.41, 5.74) is 1.08. The van der Waals surface area contributed by atoms with E-state index in [2.05, 4.69) is 9.88 Å². The van der Waals surface area contributed by atoms with Gasteiger partial charge in [0.1, 0.15) is 5.75 Å². The lowest BCUT2D eigenvalue weighted by molar-refractivity contribution is 0.383. The van der Waals surface area contributed by atoms with E-state index in [9.17, 15) is 0 Å². The van der Waals surface area contributed by atoms with Crippen LogP contribution in [0.15, 0.2) is 48.7 Å². The number of para-hydroxylation sites is 1. The molecule has 0 aliphatic rings. The standard InChI is InChI=1S/C14H16N2O/c1-16(2)11-12-7-6-10-15-14(12)17-13-8-4-3-5-9-13/h3-10H,11H2,1-2H3. The highest BCUT2D eigenvalue weighted by Crippen LogP contribution is 2.22. The Balaban J connectivity index is 2.20. The molecule has 0 saturated heterocycles. The van der Waals surface area contributed by atoms with Crippen LogP contribution in [-0.4, -0.2) is 24.0 Å². The Morgan fingerprint density at radius 2 is 1.82 bits per heavy atom. The molecule has 0 spiro atoms.